The molecule has 0 aliphatic heterocycles. The summed E-state index contributed by atoms with van der Waals surface area (Å²) in [6.07, 6.45) is 14.0. The van der Waals surface area contributed by atoms with Gasteiger partial charge in [0, 0.05) is 6.04 Å². The van der Waals surface area contributed by atoms with Crippen LogP contribution in [0.15, 0.2) is 0 Å². The molecule has 3 heteroatoms. The Morgan fingerprint density at radius 3 is 2.21 bits per heavy atom. The van der Waals surface area contributed by atoms with Gasteiger partial charge >= 0.3 is 5.97 Å². The zero-order valence-corrected chi connectivity index (χ0v) is 12.6. The van der Waals surface area contributed by atoms with E-state index in [9.17, 15) is 4.79 Å². The number of nitrogens with zero attached hydrogens (tertiary/aromatic N) is 1. The first-order chi connectivity index (χ1) is 9.24. The van der Waals surface area contributed by atoms with Crippen molar-refractivity contribution in [3.8, 4) is 0 Å². The highest BCUT2D eigenvalue weighted by Gasteiger charge is 2.23. The molecule has 1 aliphatic carbocycles. The van der Waals surface area contributed by atoms with Gasteiger partial charge in [0.2, 0.25) is 0 Å². The average Bonchev–Trinajstić information content (AvgIpc) is 2.89. The molecule has 0 spiro atoms. The van der Waals surface area contributed by atoms with E-state index in [4.69, 9.17) is 5.11 Å². The Morgan fingerprint density at radius 2 is 1.63 bits per heavy atom. The molecule has 0 radical (unpaired) electrons. The third-order valence-electron chi connectivity index (χ3n) is 4.23. The van der Waals surface area contributed by atoms with Crippen molar-refractivity contribution in [3.63, 3.8) is 0 Å². The zero-order chi connectivity index (χ0) is 13.9. The molecule has 0 saturated heterocycles. The summed E-state index contributed by atoms with van der Waals surface area (Å²) in [7, 11) is 0. The van der Waals surface area contributed by atoms with Crippen molar-refractivity contribution in [1.29, 1.82) is 0 Å². The minimum absolute atomic E-state index is 0.237. The number of rotatable bonds is 11. The molecule has 0 unspecified atom stereocenters. The summed E-state index contributed by atoms with van der Waals surface area (Å²) in [5, 5.41) is 9.00. The minimum atomic E-state index is -0.671. The Balaban J connectivity index is 2.12. The highest BCUT2D eigenvalue weighted by Crippen LogP contribution is 2.23. The van der Waals surface area contributed by atoms with E-state index >= 15 is 0 Å². The van der Waals surface area contributed by atoms with Gasteiger partial charge in [-0.25, -0.2) is 0 Å². The lowest BCUT2D eigenvalue weighted by Gasteiger charge is -2.27. The van der Waals surface area contributed by atoms with Gasteiger partial charge in [-0.3, -0.25) is 9.69 Å². The molecular weight excluding hydrogens is 238 g/mol. The SMILES string of the molecule is CCCCCCCCCN(CC(=O)O)C1CCCC1. The van der Waals surface area contributed by atoms with Gasteiger partial charge in [0.1, 0.15) is 0 Å². The molecule has 0 aromatic rings. The van der Waals surface area contributed by atoms with Crippen molar-refractivity contribution in [2.24, 2.45) is 0 Å². The van der Waals surface area contributed by atoms with E-state index in [1.54, 1.807) is 0 Å². The van der Waals surface area contributed by atoms with E-state index in [2.05, 4.69) is 11.8 Å². The van der Waals surface area contributed by atoms with Crippen LogP contribution in [0.25, 0.3) is 0 Å². The number of carboxylic acids is 1. The topological polar surface area (TPSA) is 40.5 Å². The van der Waals surface area contributed by atoms with Gasteiger partial charge in [-0.1, -0.05) is 58.3 Å². The van der Waals surface area contributed by atoms with E-state index in [0.717, 1.165) is 13.0 Å². The number of hydrogen-bond donors (Lipinski definition) is 1. The lowest BCUT2D eigenvalue weighted by molar-refractivity contribution is -0.138. The molecule has 1 aliphatic rings. The molecule has 0 heterocycles. The maximum atomic E-state index is 10.9. The summed E-state index contributed by atoms with van der Waals surface area (Å²) < 4.78 is 0. The predicted molar refractivity (Wildman–Crippen MR) is 79.5 cm³/mol. The molecular formula is C16H31NO2. The highest BCUT2D eigenvalue weighted by atomic mass is 16.4. The van der Waals surface area contributed by atoms with Gasteiger partial charge in [-0.2, -0.15) is 0 Å². The molecule has 1 saturated carbocycles. The predicted octanol–water partition coefficient (Wildman–Crippen LogP) is 4.07. The Hall–Kier alpha value is -0.570. The Labute approximate surface area is 118 Å². The van der Waals surface area contributed by atoms with Crippen LogP contribution in [0.4, 0.5) is 0 Å². The fraction of sp³-hybridized carbons (Fsp3) is 0.938. The van der Waals surface area contributed by atoms with E-state index in [1.165, 1.54) is 64.2 Å². The molecule has 112 valence electrons. The molecule has 1 fully saturated rings. The first-order valence-corrected chi connectivity index (χ1v) is 8.20. The van der Waals surface area contributed by atoms with E-state index in [0.29, 0.717) is 6.04 Å². The fourth-order valence-electron chi connectivity index (χ4n) is 3.11. The van der Waals surface area contributed by atoms with Gasteiger partial charge in [0.05, 0.1) is 6.54 Å². The highest BCUT2D eigenvalue weighted by molar-refractivity contribution is 5.69. The van der Waals surface area contributed by atoms with Crippen LogP contribution < -0.4 is 0 Å². The van der Waals surface area contributed by atoms with Crippen molar-refractivity contribution in [2.45, 2.75) is 83.6 Å². The lowest BCUT2D eigenvalue weighted by Crippen LogP contribution is -2.38. The van der Waals surface area contributed by atoms with E-state index in [1.807, 2.05) is 0 Å². The van der Waals surface area contributed by atoms with Crippen LogP contribution in [0, 0.1) is 0 Å². The molecule has 1 rings (SSSR count). The molecule has 0 amide bonds. The standard InChI is InChI=1S/C16H31NO2/c1-2-3-4-5-6-7-10-13-17(14-16(18)19)15-11-8-9-12-15/h15H,2-14H2,1H3,(H,18,19). The summed E-state index contributed by atoms with van der Waals surface area (Å²) in [4.78, 5) is 13.1. The third-order valence-corrected chi connectivity index (χ3v) is 4.23. The van der Waals surface area contributed by atoms with Gasteiger partial charge in [-0.15, -0.1) is 0 Å². The molecule has 19 heavy (non-hydrogen) atoms. The monoisotopic (exact) mass is 269 g/mol. The van der Waals surface area contributed by atoms with Crippen molar-refractivity contribution >= 4 is 5.97 Å². The summed E-state index contributed by atoms with van der Waals surface area (Å²) in [6, 6.07) is 0.538. The second kappa shape index (κ2) is 10.2. The van der Waals surface area contributed by atoms with Crippen molar-refractivity contribution in [3.05, 3.63) is 0 Å². The summed E-state index contributed by atoms with van der Waals surface area (Å²) >= 11 is 0. The fourth-order valence-corrected chi connectivity index (χ4v) is 3.11. The van der Waals surface area contributed by atoms with Gasteiger partial charge in [0.15, 0.2) is 0 Å². The van der Waals surface area contributed by atoms with Crippen LogP contribution >= 0.6 is 0 Å². The van der Waals surface area contributed by atoms with Crippen LogP contribution in [0.5, 0.6) is 0 Å². The molecule has 0 bridgehead atoms. The second-order valence-corrected chi connectivity index (χ2v) is 5.92. The Kier molecular flexibility index (Phi) is 8.89. The van der Waals surface area contributed by atoms with Crippen LogP contribution in [0.2, 0.25) is 0 Å². The number of aliphatic carboxylic acids is 1. The van der Waals surface area contributed by atoms with Crippen LogP contribution in [0.3, 0.4) is 0 Å². The van der Waals surface area contributed by atoms with Gasteiger partial charge in [0.25, 0.3) is 0 Å². The third kappa shape index (κ3) is 7.56. The van der Waals surface area contributed by atoms with Crippen molar-refractivity contribution in [2.75, 3.05) is 13.1 Å². The van der Waals surface area contributed by atoms with E-state index < -0.39 is 5.97 Å². The normalized spacial score (nSPS) is 16.3. The second-order valence-electron chi connectivity index (χ2n) is 5.92. The minimum Gasteiger partial charge on any atom is -0.480 e. The molecule has 0 atom stereocenters. The smallest absolute Gasteiger partial charge is 0.317 e. The molecule has 3 nitrogen and oxygen atoms in total. The van der Waals surface area contributed by atoms with Crippen molar-refractivity contribution in [1.82, 2.24) is 4.90 Å². The number of unbranched alkanes of at least 4 members (excludes halogenated alkanes) is 6. The first-order valence-electron chi connectivity index (χ1n) is 8.20. The summed E-state index contributed by atoms with van der Waals surface area (Å²) in [5.74, 6) is -0.671. The summed E-state index contributed by atoms with van der Waals surface area (Å²) in [6.45, 7) is 3.45. The van der Waals surface area contributed by atoms with Gasteiger partial charge in [-0.05, 0) is 25.8 Å². The molecule has 1 N–H and O–H groups in total. The average molecular weight is 269 g/mol. The van der Waals surface area contributed by atoms with E-state index in [-0.39, 0.29) is 6.54 Å². The quantitative estimate of drug-likeness (QED) is 0.575. The van der Waals surface area contributed by atoms with Crippen molar-refractivity contribution < 1.29 is 9.90 Å². The number of carbonyl (C=O) groups is 1. The van der Waals surface area contributed by atoms with Gasteiger partial charge < -0.3 is 5.11 Å². The lowest BCUT2D eigenvalue weighted by atomic mass is 10.1. The Morgan fingerprint density at radius 1 is 1.05 bits per heavy atom. The maximum Gasteiger partial charge on any atom is 0.317 e. The van der Waals surface area contributed by atoms with Crippen LogP contribution in [0.1, 0.15) is 77.6 Å². The zero-order valence-electron chi connectivity index (χ0n) is 12.6. The largest absolute Gasteiger partial charge is 0.480 e. The maximum absolute atomic E-state index is 10.9. The number of hydrogen-bond acceptors (Lipinski definition) is 2. The Bertz CT molecular complexity index is 237. The number of carboxylic acid groups (broad SMARTS) is 1. The first kappa shape index (κ1) is 16.5. The van der Waals surface area contributed by atoms with Crippen LogP contribution in [-0.2, 0) is 4.79 Å². The summed E-state index contributed by atoms with van der Waals surface area (Å²) in [5.41, 5.74) is 0. The molecule has 0 aromatic heterocycles. The van der Waals surface area contributed by atoms with Crippen LogP contribution in [-0.4, -0.2) is 35.1 Å². The molecule has 0 aromatic carbocycles.